The quantitative estimate of drug-likeness (QED) is 0.301. The Morgan fingerprint density at radius 3 is 2.89 bits per heavy atom. The second kappa shape index (κ2) is 7.80. The number of carbonyl (C=O) groups excluding carboxylic acids is 3. The van der Waals surface area contributed by atoms with E-state index in [2.05, 4.69) is 4.74 Å². The number of Topliss-reactive ketones (excluding diaryl/α,β-unsaturated/α-hetero) is 1. The molecule has 1 saturated carbocycles. The normalized spacial score (nSPS) is 23.5. The Kier molecular flexibility index (Phi) is 6.33. The van der Waals surface area contributed by atoms with E-state index in [4.69, 9.17) is 0 Å². The average Bonchev–Trinajstić information content (AvgIpc) is 2.74. The zero-order valence-corrected chi connectivity index (χ0v) is 10.8. The molecular weight excluding hydrogens is 232 g/mol. The van der Waals surface area contributed by atoms with Crippen molar-refractivity contribution in [3.8, 4) is 0 Å². The highest BCUT2D eigenvalue weighted by Crippen LogP contribution is 2.29. The van der Waals surface area contributed by atoms with Crippen LogP contribution in [0.5, 0.6) is 0 Å². The van der Waals surface area contributed by atoms with Gasteiger partial charge in [-0.15, -0.1) is 0 Å². The predicted molar refractivity (Wildman–Crippen MR) is 66.9 cm³/mol. The van der Waals surface area contributed by atoms with Gasteiger partial charge in [-0.25, -0.2) is 0 Å². The van der Waals surface area contributed by atoms with E-state index in [0.717, 1.165) is 19.1 Å². The van der Waals surface area contributed by atoms with Gasteiger partial charge in [0, 0.05) is 24.7 Å². The van der Waals surface area contributed by atoms with E-state index in [1.807, 2.05) is 12.2 Å². The van der Waals surface area contributed by atoms with Gasteiger partial charge in [-0.2, -0.15) is 0 Å². The van der Waals surface area contributed by atoms with Crippen LogP contribution in [0.2, 0.25) is 0 Å². The van der Waals surface area contributed by atoms with Gasteiger partial charge in [0.2, 0.25) is 0 Å². The zero-order valence-electron chi connectivity index (χ0n) is 10.8. The maximum Gasteiger partial charge on any atom is 0.305 e. The summed E-state index contributed by atoms with van der Waals surface area (Å²) in [4.78, 5) is 33.2. The van der Waals surface area contributed by atoms with Crippen LogP contribution in [-0.4, -0.2) is 25.1 Å². The molecule has 1 aliphatic carbocycles. The SMILES string of the molecule is COC(=O)CCC/C=C/CC1C(=O)CCC1C=O. The van der Waals surface area contributed by atoms with Gasteiger partial charge in [0.15, 0.2) is 0 Å². The monoisotopic (exact) mass is 252 g/mol. The van der Waals surface area contributed by atoms with Crippen LogP contribution >= 0.6 is 0 Å². The van der Waals surface area contributed by atoms with Crippen LogP contribution in [-0.2, 0) is 19.1 Å². The Morgan fingerprint density at radius 2 is 2.22 bits per heavy atom. The molecule has 0 amide bonds. The highest BCUT2D eigenvalue weighted by atomic mass is 16.5. The van der Waals surface area contributed by atoms with Gasteiger partial charge in [-0.1, -0.05) is 12.2 Å². The van der Waals surface area contributed by atoms with Gasteiger partial charge in [-0.05, 0) is 25.7 Å². The van der Waals surface area contributed by atoms with Crippen LogP contribution in [0.3, 0.4) is 0 Å². The first-order chi connectivity index (χ1) is 8.69. The van der Waals surface area contributed by atoms with Crippen LogP contribution in [0.4, 0.5) is 0 Å². The fourth-order valence-corrected chi connectivity index (χ4v) is 2.23. The molecule has 4 nitrogen and oxygen atoms in total. The number of carbonyl (C=O) groups is 3. The Morgan fingerprint density at radius 1 is 1.44 bits per heavy atom. The minimum Gasteiger partial charge on any atom is -0.469 e. The maximum atomic E-state index is 11.5. The van der Waals surface area contributed by atoms with Crippen molar-refractivity contribution in [2.24, 2.45) is 11.8 Å². The molecule has 0 radical (unpaired) electrons. The summed E-state index contributed by atoms with van der Waals surface area (Å²) < 4.78 is 4.53. The van der Waals surface area contributed by atoms with Crippen molar-refractivity contribution < 1.29 is 19.1 Å². The third-order valence-corrected chi connectivity index (χ3v) is 3.37. The van der Waals surface area contributed by atoms with Gasteiger partial charge < -0.3 is 9.53 Å². The summed E-state index contributed by atoms with van der Waals surface area (Å²) in [6, 6.07) is 0. The van der Waals surface area contributed by atoms with Gasteiger partial charge in [0.25, 0.3) is 0 Å². The Balaban J connectivity index is 2.21. The molecule has 0 aromatic carbocycles. The van der Waals surface area contributed by atoms with Crippen molar-refractivity contribution >= 4 is 18.0 Å². The molecule has 2 atom stereocenters. The standard InChI is InChI=1S/C14H20O4/c1-18-14(17)7-5-3-2-4-6-12-11(10-15)8-9-13(12)16/h2,4,10-12H,3,5-9H2,1H3/b4-2+. The van der Waals surface area contributed by atoms with Crippen molar-refractivity contribution in [1.29, 1.82) is 0 Å². The second-order valence-corrected chi connectivity index (χ2v) is 4.59. The summed E-state index contributed by atoms with van der Waals surface area (Å²) in [7, 11) is 1.38. The van der Waals surface area contributed by atoms with Gasteiger partial charge in [0.1, 0.15) is 12.1 Å². The average molecular weight is 252 g/mol. The molecule has 0 saturated heterocycles. The topological polar surface area (TPSA) is 60.4 Å². The molecule has 1 aliphatic rings. The summed E-state index contributed by atoms with van der Waals surface area (Å²) in [5.74, 6) is -0.224. The lowest BCUT2D eigenvalue weighted by molar-refractivity contribution is -0.140. The van der Waals surface area contributed by atoms with Gasteiger partial charge in [-0.3, -0.25) is 9.59 Å². The van der Waals surface area contributed by atoms with E-state index < -0.39 is 0 Å². The molecule has 0 N–H and O–H groups in total. The van der Waals surface area contributed by atoms with E-state index in [-0.39, 0.29) is 23.6 Å². The maximum absolute atomic E-state index is 11.5. The number of aldehydes is 1. The molecule has 1 rings (SSSR count). The largest absolute Gasteiger partial charge is 0.469 e. The molecule has 18 heavy (non-hydrogen) atoms. The fourth-order valence-electron chi connectivity index (χ4n) is 2.23. The number of rotatable bonds is 7. The highest BCUT2D eigenvalue weighted by Gasteiger charge is 2.32. The first kappa shape index (κ1) is 14.6. The molecule has 1 fully saturated rings. The molecule has 0 aliphatic heterocycles. The van der Waals surface area contributed by atoms with Gasteiger partial charge in [0.05, 0.1) is 7.11 Å². The molecule has 2 unspecified atom stereocenters. The number of ketones is 1. The number of allylic oxidation sites excluding steroid dienone is 2. The van der Waals surface area contributed by atoms with Crippen molar-refractivity contribution in [2.45, 2.75) is 38.5 Å². The minimum absolute atomic E-state index is 0.0998. The van der Waals surface area contributed by atoms with E-state index in [1.165, 1.54) is 7.11 Å². The summed E-state index contributed by atoms with van der Waals surface area (Å²) in [6.45, 7) is 0. The third-order valence-electron chi connectivity index (χ3n) is 3.37. The lowest BCUT2D eigenvalue weighted by atomic mass is 9.93. The van der Waals surface area contributed by atoms with Crippen LogP contribution < -0.4 is 0 Å². The predicted octanol–water partition coefficient (Wildman–Crippen LogP) is 2.07. The van der Waals surface area contributed by atoms with E-state index in [9.17, 15) is 14.4 Å². The summed E-state index contributed by atoms with van der Waals surface area (Å²) in [5, 5.41) is 0. The Hall–Kier alpha value is -1.45. The number of methoxy groups -OCH3 is 1. The van der Waals surface area contributed by atoms with E-state index >= 15 is 0 Å². The molecule has 100 valence electrons. The molecule has 4 heteroatoms. The first-order valence-electron chi connectivity index (χ1n) is 6.39. The van der Waals surface area contributed by atoms with E-state index in [0.29, 0.717) is 25.7 Å². The number of esters is 1. The van der Waals surface area contributed by atoms with Crippen LogP contribution in [0, 0.1) is 11.8 Å². The summed E-state index contributed by atoms with van der Waals surface area (Å²) in [6.07, 6.45) is 8.65. The van der Waals surface area contributed by atoms with Gasteiger partial charge >= 0.3 is 5.97 Å². The third kappa shape index (κ3) is 4.43. The zero-order chi connectivity index (χ0) is 13.4. The number of ether oxygens (including phenoxy) is 1. The minimum atomic E-state index is -0.199. The lowest BCUT2D eigenvalue weighted by Crippen LogP contribution is -2.14. The smallest absolute Gasteiger partial charge is 0.305 e. The van der Waals surface area contributed by atoms with Crippen molar-refractivity contribution in [1.82, 2.24) is 0 Å². The number of unbranched alkanes of at least 4 members (excludes halogenated alkanes) is 1. The summed E-state index contributed by atoms with van der Waals surface area (Å²) in [5.41, 5.74) is 0. The molecular formula is C14H20O4. The van der Waals surface area contributed by atoms with E-state index in [1.54, 1.807) is 0 Å². The number of hydrogen-bond donors (Lipinski definition) is 0. The number of hydrogen-bond acceptors (Lipinski definition) is 4. The molecule has 0 heterocycles. The van der Waals surface area contributed by atoms with Crippen LogP contribution in [0.15, 0.2) is 12.2 Å². The molecule has 0 aromatic rings. The molecule has 0 spiro atoms. The molecule has 0 aromatic heterocycles. The van der Waals surface area contributed by atoms with Crippen LogP contribution in [0.1, 0.15) is 38.5 Å². The second-order valence-electron chi connectivity index (χ2n) is 4.59. The highest BCUT2D eigenvalue weighted by molar-refractivity contribution is 5.87. The Bertz CT molecular complexity index is 333. The van der Waals surface area contributed by atoms with Crippen molar-refractivity contribution in [2.75, 3.05) is 7.11 Å². The fraction of sp³-hybridized carbons (Fsp3) is 0.643. The molecule has 0 bridgehead atoms. The van der Waals surface area contributed by atoms with Crippen molar-refractivity contribution in [3.05, 3.63) is 12.2 Å². The first-order valence-corrected chi connectivity index (χ1v) is 6.39. The van der Waals surface area contributed by atoms with Crippen molar-refractivity contribution in [3.63, 3.8) is 0 Å². The lowest BCUT2D eigenvalue weighted by Gasteiger charge is -2.09. The van der Waals surface area contributed by atoms with Crippen LogP contribution in [0.25, 0.3) is 0 Å². The Labute approximate surface area is 107 Å². The summed E-state index contributed by atoms with van der Waals surface area (Å²) >= 11 is 0.